The third-order valence-corrected chi connectivity index (χ3v) is 2.58. The zero-order chi connectivity index (χ0) is 8.97. The molecule has 0 saturated heterocycles. The van der Waals surface area contributed by atoms with Crippen molar-refractivity contribution in [2.24, 2.45) is 0 Å². The maximum Gasteiger partial charge on any atom is 0.155 e. The standard InChI is InChI=1S/C7H8ClIN2O/c1-2-12-4-6-10-3-5(9)7(8)11-6/h3H,2,4H2,1H3. The van der Waals surface area contributed by atoms with Gasteiger partial charge in [-0.25, -0.2) is 9.97 Å². The highest BCUT2D eigenvalue weighted by molar-refractivity contribution is 14.1. The first kappa shape index (κ1) is 10.1. The van der Waals surface area contributed by atoms with E-state index in [4.69, 9.17) is 16.3 Å². The van der Waals surface area contributed by atoms with Crippen molar-refractivity contribution in [2.75, 3.05) is 6.61 Å². The molecule has 1 rings (SSSR count). The maximum absolute atomic E-state index is 5.78. The summed E-state index contributed by atoms with van der Waals surface area (Å²) in [6, 6.07) is 0. The van der Waals surface area contributed by atoms with Gasteiger partial charge in [0.05, 0.1) is 3.57 Å². The van der Waals surface area contributed by atoms with Crippen molar-refractivity contribution < 1.29 is 4.74 Å². The quantitative estimate of drug-likeness (QED) is 0.634. The summed E-state index contributed by atoms with van der Waals surface area (Å²) in [5, 5.41) is 0.486. The maximum atomic E-state index is 5.78. The van der Waals surface area contributed by atoms with Crippen molar-refractivity contribution in [3.8, 4) is 0 Å². The molecule has 0 aliphatic rings. The van der Waals surface area contributed by atoms with E-state index in [0.717, 1.165) is 3.57 Å². The van der Waals surface area contributed by atoms with E-state index in [1.807, 2.05) is 6.92 Å². The highest BCUT2D eigenvalue weighted by Gasteiger charge is 2.01. The van der Waals surface area contributed by atoms with Crippen LogP contribution >= 0.6 is 34.2 Å². The highest BCUT2D eigenvalue weighted by atomic mass is 127. The molecule has 1 aromatic heterocycles. The van der Waals surface area contributed by atoms with Crippen molar-refractivity contribution >= 4 is 34.2 Å². The lowest BCUT2D eigenvalue weighted by Gasteiger charge is -2.00. The smallest absolute Gasteiger partial charge is 0.155 e. The molecule has 12 heavy (non-hydrogen) atoms. The van der Waals surface area contributed by atoms with Crippen molar-refractivity contribution in [2.45, 2.75) is 13.5 Å². The lowest BCUT2D eigenvalue weighted by atomic mass is 10.6. The molecule has 0 fully saturated rings. The third-order valence-electron chi connectivity index (χ3n) is 1.19. The van der Waals surface area contributed by atoms with Gasteiger partial charge in [0.15, 0.2) is 5.82 Å². The first-order valence-corrected chi connectivity index (χ1v) is 4.94. The van der Waals surface area contributed by atoms with Crippen LogP contribution in [0.4, 0.5) is 0 Å². The van der Waals surface area contributed by atoms with Crippen molar-refractivity contribution in [3.05, 3.63) is 20.7 Å². The summed E-state index contributed by atoms with van der Waals surface area (Å²) < 4.78 is 5.98. The van der Waals surface area contributed by atoms with E-state index in [9.17, 15) is 0 Å². The molecule has 1 aromatic rings. The number of halogens is 2. The number of rotatable bonds is 3. The molecule has 0 aliphatic heterocycles. The molecule has 0 N–H and O–H groups in total. The SMILES string of the molecule is CCOCc1ncc(I)c(Cl)n1. The Balaban J connectivity index is 2.69. The summed E-state index contributed by atoms with van der Waals surface area (Å²) in [5.41, 5.74) is 0. The molecule has 1 heterocycles. The van der Waals surface area contributed by atoms with Gasteiger partial charge in [0, 0.05) is 12.8 Å². The Morgan fingerprint density at radius 2 is 2.42 bits per heavy atom. The number of hydrogen-bond donors (Lipinski definition) is 0. The second-order valence-electron chi connectivity index (χ2n) is 2.06. The van der Waals surface area contributed by atoms with Gasteiger partial charge >= 0.3 is 0 Å². The van der Waals surface area contributed by atoms with E-state index >= 15 is 0 Å². The van der Waals surface area contributed by atoms with E-state index < -0.39 is 0 Å². The fraction of sp³-hybridized carbons (Fsp3) is 0.429. The molecule has 0 aliphatic carbocycles. The summed E-state index contributed by atoms with van der Waals surface area (Å²) in [6.07, 6.45) is 1.68. The first-order valence-electron chi connectivity index (χ1n) is 3.48. The van der Waals surface area contributed by atoms with Crippen LogP contribution in [-0.2, 0) is 11.3 Å². The fourth-order valence-corrected chi connectivity index (χ4v) is 1.05. The predicted octanol–water partition coefficient (Wildman–Crippen LogP) is 2.27. The Hall–Kier alpha value is 0.0600. The Labute approximate surface area is 89.6 Å². The zero-order valence-corrected chi connectivity index (χ0v) is 9.46. The van der Waals surface area contributed by atoms with Gasteiger partial charge < -0.3 is 4.74 Å². The molecule has 0 saturated carbocycles. The molecule has 0 amide bonds. The summed E-state index contributed by atoms with van der Waals surface area (Å²) in [7, 11) is 0. The summed E-state index contributed by atoms with van der Waals surface area (Å²) in [5.74, 6) is 0.627. The van der Waals surface area contributed by atoms with Gasteiger partial charge in [-0.15, -0.1) is 0 Å². The van der Waals surface area contributed by atoms with Crippen LogP contribution in [0.2, 0.25) is 5.15 Å². The molecule has 0 spiro atoms. The molecule has 5 heteroatoms. The van der Waals surface area contributed by atoms with Gasteiger partial charge in [-0.1, -0.05) is 11.6 Å². The largest absolute Gasteiger partial charge is 0.374 e. The van der Waals surface area contributed by atoms with Gasteiger partial charge in [-0.05, 0) is 29.5 Å². The normalized spacial score (nSPS) is 10.2. The van der Waals surface area contributed by atoms with Crippen LogP contribution < -0.4 is 0 Å². The minimum Gasteiger partial charge on any atom is -0.374 e. The van der Waals surface area contributed by atoms with Crippen molar-refractivity contribution in [1.29, 1.82) is 0 Å². The molecule has 0 atom stereocenters. The molecule has 3 nitrogen and oxygen atoms in total. The van der Waals surface area contributed by atoms with Crippen LogP contribution in [0.25, 0.3) is 0 Å². The average molecular weight is 299 g/mol. The van der Waals surface area contributed by atoms with E-state index in [-0.39, 0.29) is 0 Å². The molecule has 0 unspecified atom stereocenters. The fourth-order valence-electron chi connectivity index (χ4n) is 0.643. The van der Waals surface area contributed by atoms with Gasteiger partial charge in [0.25, 0.3) is 0 Å². The Morgan fingerprint density at radius 3 is 3.00 bits per heavy atom. The van der Waals surface area contributed by atoms with E-state index in [2.05, 4.69) is 32.6 Å². The first-order chi connectivity index (χ1) is 5.74. The van der Waals surface area contributed by atoms with Gasteiger partial charge in [-0.3, -0.25) is 0 Å². The van der Waals surface area contributed by atoms with Crippen LogP contribution in [0.5, 0.6) is 0 Å². The number of hydrogen-bond acceptors (Lipinski definition) is 3. The number of aromatic nitrogens is 2. The van der Waals surface area contributed by atoms with E-state index in [0.29, 0.717) is 24.2 Å². The van der Waals surface area contributed by atoms with Crippen LogP contribution in [0.15, 0.2) is 6.20 Å². The average Bonchev–Trinajstić information content (AvgIpc) is 2.07. The summed E-state index contributed by atoms with van der Waals surface area (Å²) in [4.78, 5) is 8.08. The summed E-state index contributed by atoms with van der Waals surface area (Å²) >= 11 is 7.86. The van der Waals surface area contributed by atoms with Gasteiger partial charge in [0.1, 0.15) is 11.8 Å². The van der Waals surface area contributed by atoms with E-state index in [1.54, 1.807) is 6.20 Å². The van der Waals surface area contributed by atoms with Gasteiger partial charge in [0.2, 0.25) is 0 Å². The topological polar surface area (TPSA) is 35.0 Å². The number of ether oxygens (including phenoxy) is 1. The zero-order valence-electron chi connectivity index (χ0n) is 6.55. The molecular weight excluding hydrogens is 290 g/mol. The lowest BCUT2D eigenvalue weighted by Crippen LogP contribution is -1.99. The molecule has 66 valence electrons. The molecule has 0 radical (unpaired) electrons. The van der Waals surface area contributed by atoms with Crippen LogP contribution in [-0.4, -0.2) is 16.6 Å². The molecule has 0 aromatic carbocycles. The van der Waals surface area contributed by atoms with E-state index in [1.165, 1.54) is 0 Å². The van der Waals surface area contributed by atoms with Crippen LogP contribution in [0.1, 0.15) is 12.7 Å². The van der Waals surface area contributed by atoms with Crippen molar-refractivity contribution in [3.63, 3.8) is 0 Å². The Bertz CT molecular complexity index is 270. The number of nitrogens with zero attached hydrogens (tertiary/aromatic N) is 2. The minimum absolute atomic E-state index is 0.424. The second kappa shape index (κ2) is 4.94. The summed E-state index contributed by atoms with van der Waals surface area (Å²) in [6.45, 7) is 3.01. The monoisotopic (exact) mass is 298 g/mol. The van der Waals surface area contributed by atoms with Gasteiger partial charge in [-0.2, -0.15) is 0 Å². The predicted molar refractivity (Wildman–Crippen MR) is 55.1 cm³/mol. The Morgan fingerprint density at radius 1 is 1.67 bits per heavy atom. The van der Waals surface area contributed by atoms with Crippen LogP contribution in [0.3, 0.4) is 0 Å². The Kier molecular flexibility index (Phi) is 4.17. The molecule has 0 bridgehead atoms. The van der Waals surface area contributed by atoms with Crippen LogP contribution in [0, 0.1) is 3.57 Å². The highest BCUT2D eigenvalue weighted by Crippen LogP contribution is 2.13. The second-order valence-corrected chi connectivity index (χ2v) is 3.58. The van der Waals surface area contributed by atoms with Crippen molar-refractivity contribution in [1.82, 2.24) is 9.97 Å². The minimum atomic E-state index is 0.424. The third kappa shape index (κ3) is 2.84. The molecular formula is C7H8ClIN2O. The lowest BCUT2D eigenvalue weighted by molar-refractivity contribution is 0.128.